The van der Waals surface area contributed by atoms with Crippen molar-refractivity contribution in [1.29, 1.82) is 5.26 Å². The Kier molecular flexibility index (Phi) is 8.24. The summed E-state index contributed by atoms with van der Waals surface area (Å²) in [4.78, 5) is 37.8. The highest BCUT2D eigenvalue weighted by Gasteiger charge is 2.30. The summed E-state index contributed by atoms with van der Waals surface area (Å²) in [5.41, 5.74) is -1.34. The molecule has 0 spiro atoms. The zero-order chi connectivity index (χ0) is 26.3. The van der Waals surface area contributed by atoms with E-state index in [-0.39, 0.29) is 41.3 Å². The van der Waals surface area contributed by atoms with E-state index in [1.54, 1.807) is 18.2 Å². The Morgan fingerprint density at radius 3 is 2.44 bits per heavy atom. The number of hydrogen-bond acceptors (Lipinski definition) is 6. The summed E-state index contributed by atoms with van der Waals surface area (Å²) in [7, 11) is 1.45. The molecular weight excluding hydrogens is 479 g/mol. The number of hydrogen-bond donors (Lipinski definition) is 1. The summed E-state index contributed by atoms with van der Waals surface area (Å²) in [6.07, 6.45) is -3.18. The third-order valence-electron chi connectivity index (χ3n) is 4.99. The van der Waals surface area contributed by atoms with Gasteiger partial charge in [0.15, 0.2) is 12.4 Å². The van der Waals surface area contributed by atoms with Crippen molar-refractivity contribution in [2.75, 3.05) is 25.6 Å². The highest BCUT2D eigenvalue weighted by atomic mass is 19.4. The first kappa shape index (κ1) is 26.2. The zero-order valence-electron chi connectivity index (χ0n) is 19.0. The lowest BCUT2D eigenvalue weighted by Gasteiger charge is -2.13. The molecule has 0 aliphatic rings. The van der Waals surface area contributed by atoms with Gasteiger partial charge < -0.3 is 19.4 Å². The third kappa shape index (κ3) is 6.37. The number of aromatic nitrogens is 1. The first-order valence-corrected chi connectivity index (χ1v) is 10.5. The van der Waals surface area contributed by atoms with Crippen LogP contribution in [0.5, 0.6) is 5.75 Å². The van der Waals surface area contributed by atoms with Crippen molar-refractivity contribution >= 4 is 17.4 Å². The van der Waals surface area contributed by atoms with E-state index in [9.17, 15) is 32.8 Å². The number of nitrogens with zero attached hydrogens (tertiary/aromatic N) is 2. The van der Waals surface area contributed by atoms with Crippen LogP contribution in [0.1, 0.15) is 27.0 Å². The number of para-hydroxylation sites is 1. The van der Waals surface area contributed by atoms with Crippen LogP contribution in [0.2, 0.25) is 0 Å². The van der Waals surface area contributed by atoms with Crippen LogP contribution in [0.4, 0.5) is 18.9 Å². The molecule has 0 saturated heterocycles. The van der Waals surface area contributed by atoms with Crippen LogP contribution in [0.15, 0.2) is 65.6 Å². The number of anilines is 1. The van der Waals surface area contributed by atoms with Crippen molar-refractivity contribution in [3.63, 3.8) is 0 Å². The number of alkyl halides is 3. The summed E-state index contributed by atoms with van der Waals surface area (Å²) in [5.74, 6) is -1.13. The molecule has 186 valence electrons. The summed E-state index contributed by atoms with van der Waals surface area (Å²) < 4.78 is 49.7. The topological polar surface area (TPSA) is 110 Å². The molecule has 0 aliphatic carbocycles. The molecule has 0 aliphatic heterocycles. The molecule has 1 amide bonds. The number of carbonyl (C=O) groups excluding carboxylic acids is 2. The van der Waals surface area contributed by atoms with E-state index in [2.05, 4.69) is 5.32 Å². The molecule has 1 N–H and O–H groups in total. The molecule has 0 radical (unpaired) electrons. The van der Waals surface area contributed by atoms with E-state index in [0.717, 1.165) is 24.3 Å². The maximum atomic E-state index is 13.2. The lowest BCUT2D eigenvalue weighted by atomic mass is 10.0. The van der Waals surface area contributed by atoms with E-state index >= 15 is 0 Å². The van der Waals surface area contributed by atoms with Crippen LogP contribution in [0.25, 0.3) is 0 Å². The minimum atomic E-state index is -4.49. The molecular formula is C25H20F3N3O5. The van der Waals surface area contributed by atoms with Gasteiger partial charge in [-0.2, -0.15) is 18.4 Å². The highest BCUT2D eigenvalue weighted by molar-refractivity contribution is 6.10. The second-order valence-corrected chi connectivity index (χ2v) is 7.48. The largest absolute Gasteiger partial charge is 0.483 e. The van der Waals surface area contributed by atoms with E-state index in [4.69, 9.17) is 9.47 Å². The van der Waals surface area contributed by atoms with Crippen molar-refractivity contribution < 1.29 is 32.2 Å². The lowest BCUT2D eigenvalue weighted by Crippen LogP contribution is -2.26. The molecule has 0 fully saturated rings. The third-order valence-corrected chi connectivity index (χ3v) is 4.99. The monoisotopic (exact) mass is 499 g/mol. The molecule has 1 heterocycles. The average Bonchev–Trinajstić information content (AvgIpc) is 2.86. The number of halogens is 3. The minimum absolute atomic E-state index is 0.0625. The molecule has 0 saturated carbocycles. The summed E-state index contributed by atoms with van der Waals surface area (Å²) in [5, 5.41) is 11.7. The summed E-state index contributed by atoms with van der Waals surface area (Å²) in [6.45, 7) is -0.203. The Labute approximate surface area is 203 Å². The van der Waals surface area contributed by atoms with Crippen molar-refractivity contribution in [3.8, 4) is 11.8 Å². The smallest absolute Gasteiger partial charge is 0.416 e. The average molecular weight is 499 g/mol. The summed E-state index contributed by atoms with van der Waals surface area (Å²) >= 11 is 0. The van der Waals surface area contributed by atoms with Crippen molar-refractivity contribution in [2.45, 2.75) is 12.7 Å². The SMILES string of the molecule is COCCn1cc(C(=O)c2ccccc2OCC(=O)Nc2ccc(C(F)(F)F)cc2)cc(C#N)c1=O. The van der Waals surface area contributed by atoms with Crippen LogP contribution in [-0.4, -0.2) is 36.6 Å². The van der Waals surface area contributed by atoms with Crippen molar-refractivity contribution in [2.24, 2.45) is 0 Å². The number of ether oxygens (including phenoxy) is 2. The van der Waals surface area contributed by atoms with Crippen LogP contribution in [0.3, 0.4) is 0 Å². The Balaban J connectivity index is 1.76. The molecule has 3 aromatic rings. The van der Waals surface area contributed by atoms with Crippen molar-refractivity contribution in [3.05, 3.63) is 93.4 Å². The van der Waals surface area contributed by atoms with Crippen LogP contribution in [-0.2, 0) is 22.3 Å². The number of benzene rings is 2. The van der Waals surface area contributed by atoms with Gasteiger partial charge in [0.05, 0.1) is 17.7 Å². The number of pyridine rings is 1. The van der Waals surface area contributed by atoms with Gasteiger partial charge >= 0.3 is 6.18 Å². The Morgan fingerprint density at radius 2 is 1.81 bits per heavy atom. The van der Waals surface area contributed by atoms with Gasteiger partial charge in [0.2, 0.25) is 0 Å². The first-order valence-electron chi connectivity index (χ1n) is 10.5. The molecule has 11 heteroatoms. The van der Waals surface area contributed by atoms with Gasteiger partial charge in [-0.05, 0) is 42.5 Å². The molecule has 0 bridgehead atoms. The quantitative estimate of drug-likeness (QED) is 0.450. The van der Waals surface area contributed by atoms with Gasteiger partial charge in [0.1, 0.15) is 17.4 Å². The van der Waals surface area contributed by atoms with E-state index in [0.29, 0.717) is 0 Å². The number of nitrogens with one attached hydrogen (secondary N) is 1. The molecule has 1 aromatic heterocycles. The second-order valence-electron chi connectivity index (χ2n) is 7.48. The maximum Gasteiger partial charge on any atom is 0.416 e. The van der Waals surface area contributed by atoms with Crippen LogP contribution >= 0.6 is 0 Å². The molecule has 0 unspecified atom stereocenters. The summed E-state index contributed by atoms with van der Waals surface area (Å²) in [6, 6.07) is 13.0. The van der Waals surface area contributed by atoms with Gasteiger partial charge in [0.25, 0.3) is 11.5 Å². The van der Waals surface area contributed by atoms with E-state index in [1.807, 2.05) is 0 Å². The second kappa shape index (κ2) is 11.3. The normalized spacial score (nSPS) is 11.0. The van der Waals surface area contributed by atoms with Gasteiger partial charge in [0, 0.05) is 31.1 Å². The molecule has 2 aromatic carbocycles. The Bertz CT molecular complexity index is 1360. The zero-order valence-corrected chi connectivity index (χ0v) is 19.0. The predicted molar refractivity (Wildman–Crippen MR) is 123 cm³/mol. The van der Waals surface area contributed by atoms with E-state index < -0.39 is 35.6 Å². The standard InChI is InChI=1S/C25H20F3N3O5/c1-35-11-10-31-14-17(12-16(13-29)24(31)34)23(33)20-4-2-3-5-21(20)36-15-22(32)30-19-8-6-18(7-9-19)25(26,27)28/h2-9,12,14H,10-11,15H2,1H3,(H,30,32). The Morgan fingerprint density at radius 1 is 1.11 bits per heavy atom. The minimum Gasteiger partial charge on any atom is -0.483 e. The molecule has 36 heavy (non-hydrogen) atoms. The number of rotatable bonds is 9. The maximum absolute atomic E-state index is 13.2. The van der Waals surface area contributed by atoms with E-state index in [1.165, 1.54) is 36.1 Å². The molecule has 8 nitrogen and oxygen atoms in total. The van der Waals surface area contributed by atoms with Crippen molar-refractivity contribution in [1.82, 2.24) is 4.57 Å². The van der Waals surface area contributed by atoms with Gasteiger partial charge in [-0.1, -0.05) is 12.1 Å². The van der Waals surface area contributed by atoms with Gasteiger partial charge in [-0.15, -0.1) is 0 Å². The predicted octanol–water partition coefficient (Wildman–Crippen LogP) is 3.63. The number of amides is 1. The Hall–Kier alpha value is -4.43. The first-order chi connectivity index (χ1) is 17.1. The lowest BCUT2D eigenvalue weighted by molar-refractivity contribution is -0.137. The number of nitriles is 1. The number of methoxy groups -OCH3 is 1. The number of ketones is 1. The fourth-order valence-electron chi connectivity index (χ4n) is 3.21. The van der Waals surface area contributed by atoms with Crippen LogP contribution < -0.4 is 15.6 Å². The molecule has 0 atom stereocenters. The van der Waals surface area contributed by atoms with Crippen LogP contribution in [0, 0.1) is 11.3 Å². The fraction of sp³-hybridized carbons (Fsp3) is 0.200. The highest BCUT2D eigenvalue weighted by Crippen LogP contribution is 2.29. The number of carbonyl (C=O) groups is 2. The van der Waals surface area contributed by atoms with Gasteiger partial charge in [-0.3, -0.25) is 14.4 Å². The fourth-order valence-corrected chi connectivity index (χ4v) is 3.21. The molecule has 3 rings (SSSR count). The van der Waals surface area contributed by atoms with Gasteiger partial charge in [-0.25, -0.2) is 0 Å².